The molecule has 0 aliphatic rings. The largest absolute Gasteiger partial charge is 0.457 e. The molecule has 1 aromatic heterocycles. The number of furan rings is 1. The van der Waals surface area contributed by atoms with Crippen LogP contribution in [0.4, 0.5) is 5.69 Å². The van der Waals surface area contributed by atoms with E-state index in [0.29, 0.717) is 33.4 Å². The molecule has 0 saturated carbocycles. The Bertz CT molecular complexity index is 1260. The van der Waals surface area contributed by atoms with E-state index in [0.717, 1.165) is 5.56 Å². The van der Waals surface area contributed by atoms with Crippen LogP contribution in [0.5, 0.6) is 0 Å². The van der Waals surface area contributed by atoms with Gasteiger partial charge in [-0.1, -0.05) is 54.1 Å². The second-order valence-electron chi connectivity index (χ2n) is 6.78. The number of benzene rings is 3. The molecule has 0 fully saturated rings. The summed E-state index contributed by atoms with van der Waals surface area (Å²) in [6.07, 6.45) is 3.05. The Hall–Kier alpha value is -3.89. The average Bonchev–Trinajstić information content (AvgIpc) is 3.27. The number of anilines is 1. The van der Waals surface area contributed by atoms with E-state index >= 15 is 0 Å². The van der Waals surface area contributed by atoms with Crippen LogP contribution >= 0.6 is 11.6 Å². The van der Waals surface area contributed by atoms with Crippen LogP contribution in [0.15, 0.2) is 101 Å². The van der Waals surface area contributed by atoms with Crippen molar-refractivity contribution < 1.29 is 14.0 Å². The SMILES string of the molecule is O=C(/C=C/c1ccc(-c2ccccc2Cl)o1)c1cccc(NC(=O)c2ccccc2)c1. The van der Waals surface area contributed by atoms with Crippen molar-refractivity contribution in [2.24, 2.45) is 0 Å². The van der Waals surface area contributed by atoms with Crippen LogP contribution in [0.3, 0.4) is 0 Å². The highest BCUT2D eigenvalue weighted by Crippen LogP contribution is 2.29. The zero-order valence-electron chi connectivity index (χ0n) is 16.4. The van der Waals surface area contributed by atoms with Gasteiger partial charge in [-0.05, 0) is 60.7 Å². The minimum absolute atomic E-state index is 0.202. The van der Waals surface area contributed by atoms with E-state index in [9.17, 15) is 9.59 Å². The molecular weight excluding hydrogens is 410 g/mol. The molecule has 0 saturated heterocycles. The first-order chi connectivity index (χ1) is 15.1. The third kappa shape index (κ3) is 5.00. The third-order valence-corrected chi connectivity index (χ3v) is 4.94. The number of halogens is 1. The van der Waals surface area contributed by atoms with Crippen LogP contribution in [0, 0.1) is 0 Å². The van der Waals surface area contributed by atoms with Crippen LogP contribution in [0.2, 0.25) is 5.02 Å². The van der Waals surface area contributed by atoms with Gasteiger partial charge in [0.05, 0.1) is 5.02 Å². The lowest BCUT2D eigenvalue weighted by molar-refractivity contribution is 0.102. The van der Waals surface area contributed by atoms with Gasteiger partial charge in [-0.15, -0.1) is 0 Å². The first kappa shape index (κ1) is 20.4. The topological polar surface area (TPSA) is 59.3 Å². The molecule has 0 radical (unpaired) electrons. The lowest BCUT2D eigenvalue weighted by Gasteiger charge is -2.06. The lowest BCUT2D eigenvalue weighted by Crippen LogP contribution is -2.12. The van der Waals surface area contributed by atoms with Crippen molar-refractivity contribution in [1.82, 2.24) is 0 Å². The van der Waals surface area contributed by atoms with E-state index in [1.165, 1.54) is 6.08 Å². The van der Waals surface area contributed by atoms with Crippen molar-refractivity contribution in [3.8, 4) is 11.3 Å². The molecule has 4 aromatic rings. The zero-order chi connectivity index (χ0) is 21.6. The predicted octanol–water partition coefficient (Wildman–Crippen LogP) is 6.75. The smallest absolute Gasteiger partial charge is 0.255 e. The van der Waals surface area contributed by atoms with Crippen LogP contribution in [-0.4, -0.2) is 11.7 Å². The van der Waals surface area contributed by atoms with Gasteiger partial charge in [-0.3, -0.25) is 9.59 Å². The number of hydrogen-bond acceptors (Lipinski definition) is 3. The summed E-state index contributed by atoms with van der Waals surface area (Å²) in [6.45, 7) is 0. The van der Waals surface area contributed by atoms with Gasteiger partial charge < -0.3 is 9.73 Å². The quantitative estimate of drug-likeness (QED) is 0.273. The van der Waals surface area contributed by atoms with Crippen LogP contribution < -0.4 is 5.32 Å². The Morgan fingerprint density at radius 3 is 2.35 bits per heavy atom. The molecule has 1 amide bonds. The second kappa shape index (κ2) is 9.28. The first-order valence-electron chi connectivity index (χ1n) is 9.64. The summed E-state index contributed by atoms with van der Waals surface area (Å²) >= 11 is 6.20. The molecule has 1 N–H and O–H groups in total. The highest BCUT2D eigenvalue weighted by Gasteiger charge is 2.09. The van der Waals surface area contributed by atoms with E-state index in [-0.39, 0.29) is 11.7 Å². The number of hydrogen-bond donors (Lipinski definition) is 1. The summed E-state index contributed by atoms with van der Waals surface area (Å²) in [5.74, 6) is 0.732. The molecule has 4 rings (SSSR count). The van der Waals surface area contributed by atoms with E-state index in [1.54, 1.807) is 66.7 Å². The van der Waals surface area contributed by atoms with E-state index < -0.39 is 0 Å². The van der Waals surface area contributed by atoms with E-state index in [4.69, 9.17) is 16.0 Å². The molecule has 0 unspecified atom stereocenters. The normalized spacial score (nSPS) is 10.9. The minimum Gasteiger partial charge on any atom is -0.457 e. The van der Waals surface area contributed by atoms with Crippen molar-refractivity contribution in [1.29, 1.82) is 0 Å². The summed E-state index contributed by atoms with van der Waals surface area (Å²) in [4.78, 5) is 24.9. The van der Waals surface area contributed by atoms with Crippen molar-refractivity contribution >= 4 is 35.1 Å². The Morgan fingerprint density at radius 2 is 1.55 bits per heavy atom. The van der Waals surface area contributed by atoms with Crippen molar-refractivity contribution in [3.63, 3.8) is 0 Å². The lowest BCUT2D eigenvalue weighted by atomic mass is 10.1. The van der Waals surface area contributed by atoms with Gasteiger partial charge in [0.1, 0.15) is 11.5 Å². The minimum atomic E-state index is -0.233. The Balaban J connectivity index is 1.46. The predicted molar refractivity (Wildman–Crippen MR) is 123 cm³/mol. The van der Waals surface area contributed by atoms with Gasteiger partial charge in [0.25, 0.3) is 5.91 Å². The van der Waals surface area contributed by atoms with Crippen molar-refractivity contribution in [3.05, 3.63) is 119 Å². The molecule has 0 aliphatic carbocycles. The number of carbonyl (C=O) groups excluding carboxylic acids is 2. The molecule has 0 bridgehead atoms. The van der Waals surface area contributed by atoms with Crippen molar-refractivity contribution in [2.75, 3.05) is 5.32 Å². The molecule has 1 heterocycles. The van der Waals surface area contributed by atoms with Crippen LogP contribution in [0.25, 0.3) is 17.4 Å². The molecule has 0 atom stereocenters. The Labute approximate surface area is 184 Å². The van der Waals surface area contributed by atoms with Crippen molar-refractivity contribution in [2.45, 2.75) is 0 Å². The molecule has 0 spiro atoms. The molecule has 5 heteroatoms. The van der Waals surface area contributed by atoms with Gasteiger partial charge in [0.15, 0.2) is 5.78 Å². The standard InChI is InChI=1S/C26H18ClNO3/c27-23-12-5-4-11-22(23)25-16-14-21(31-25)13-15-24(29)19-9-6-10-20(17-19)28-26(30)18-7-2-1-3-8-18/h1-17H,(H,28,30)/b15-13+. The third-order valence-electron chi connectivity index (χ3n) is 4.61. The maximum Gasteiger partial charge on any atom is 0.255 e. The maximum atomic E-state index is 12.6. The summed E-state index contributed by atoms with van der Waals surface area (Å²) in [6, 6.07) is 26.7. The molecule has 3 aromatic carbocycles. The molecule has 152 valence electrons. The van der Waals surface area contributed by atoms with E-state index in [1.807, 2.05) is 30.3 Å². The molecular formula is C26H18ClNO3. The number of amides is 1. The van der Waals surface area contributed by atoms with Crippen LogP contribution in [-0.2, 0) is 0 Å². The summed E-state index contributed by atoms with van der Waals surface area (Å²) in [7, 11) is 0. The van der Waals surface area contributed by atoms with Gasteiger partial charge in [0.2, 0.25) is 0 Å². The highest BCUT2D eigenvalue weighted by atomic mass is 35.5. The number of rotatable bonds is 6. The fraction of sp³-hybridized carbons (Fsp3) is 0. The van der Waals surface area contributed by atoms with Gasteiger partial charge in [-0.2, -0.15) is 0 Å². The summed E-state index contributed by atoms with van der Waals surface area (Å²) < 4.78 is 5.78. The monoisotopic (exact) mass is 427 g/mol. The van der Waals surface area contributed by atoms with Gasteiger partial charge in [-0.25, -0.2) is 0 Å². The fourth-order valence-electron chi connectivity index (χ4n) is 3.05. The fourth-order valence-corrected chi connectivity index (χ4v) is 3.27. The molecule has 4 nitrogen and oxygen atoms in total. The number of allylic oxidation sites excluding steroid dienone is 1. The zero-order valence-corrected chi connectivity index (χ0v) is 17.2. The number of nitrogens with one attached hydrogen (secondary N) is 1. The maximum absolute atomic E-state index is 12.6. The van der Waals surface area contributed by atoms with Gasteiger partial charge in [0, 0.05) is 22.4 Å². The Morgan fingerprint density at radius 1 is 0.806 bits per heavy atom. The highest BCUT2D eigenvalue weighted by molar-refractivity contribution is 6.33. The average molecular weight is 428 g/mol. The first-order valence-corrected chi connectivity index (χ1v) is 10.0. The van der Waals surface area contributed by atoms with E-state index in [2.05, 4.69) is 5.32 Å². The number of carbonyl (C=O) groups is 2. The molecule has 31 heavy (non-hydrogen) atoms. The van der Waals surface area contributed by atoms with Gasteiger partial charge >= 0.3 is 0 Å². The molecule has 0 aliphatic heterocycles. The Kier molecular flexibility index (Phi) is 6.11. The number of ketones is 1. The summed E-state index contributed by atoms with van der Waals surface area (Å²) in [5.41, 5.74) is 2.34. The summed E-state index contributed by atoms with van der Waals surface area (Å²) in [5, 5.41) is 3.40. The van der Waals surface area contributed by atoms with Crippen LogP contribution in [0.1, 0.15) is 26.5 Å². The second-order valence-corrected chi connectivity index (χ2v) is 7.19.